The molecule has 1 aromatic rings. The number of rotatable bonds is 6. The number of hydrogen-bond donors (Lipinski definition) is 0. The predicted octanol–water partition coefficient (Wildman–Crippen LogP) is 5.96. The normalized spacial score (nSPS) is 13.8. The summed E-state index contributed by atoms with van der Waals surface area (Å²) in [5.74, 6) is 1.14. The molecule has 0 amide bonds. The van der Waals surface area contributed by atoms with Gasteiger partial charge in [0.05, 0.1) is 0 Å². The molecule has 0 saturated carbocycles. The van der Waals surface area contributed by atoms with Gasteiger partial charge >= 0.3 is 0 Å². The lowest BCUT2D eigenvalue weighted by Crippen LogP contribution is -2.40. The molecule has 4 nitrogen and oxygen atoms in total. The molecule has 0 spiro atoms. The molecular weight excluding hydrogens is 304 g/mol. The van der Waals surface area contributed by atoms with Crippen molar-refractivity contribution < 1.29 is 19.6 Å². The quantitative estimate of drug-likeness (QED) is 0.474. The van der Waals surface area contributed by atoms with Gasteiger partial charge in [-0.05, 0) is 50.7 Å². The van der Waals surface area contributed by atoms with E-state index in [4.69, 9.17) is 19.6 Å². The van der Waals surface area contributed by atoms with Crippen LogP contribution in [0.2, 0.25) is 0 Å². The molecular formula is C20H34O4. The Balaban J connectivity index is 2.72. The molecule has 0 radical (unpaired) electrons. The van der Waals surface area contributed by atoms with Gasteiger partial charge in [-0.25, -0.2) is 0 Å². The van der Waals surface area contributed by atoms with E-state index in [0.717, 1.165) is 0 Å². The Bertz CT molecular complexity index is 488. The molecule has 4 heteroatoms. The third kappa shape index (κ3) is 5.38. The second-order valence-corrected chi connectivity index (χ2v) is 9.33. The molecule has 24 heavy (non-hydrogen) atoms. The minimum Gasteiger partial charge on any atom is -0.337 e. The lowest BCUT2D eigenvalue weighted by Gasteiger charge is -2.36. The topological polar surface area (TPSA) is 36.9 Å². The molecule has 0 bridgehead atoms. The van der Waals surface area contributed by atoms with E-state index in [1.54, 1.807) is 6.07 Å². The molecule has 1 aromatic carbocycles. The van der Waals surface area contributed by atoms with Crippen molar-refractivity contribution >= 4 is 0 Å². The molecule has 1 rings (SSSR count). The zero-order chi connectivity index (χ0) is 18.8. The summed E-state index contributed by atoms with van der Waals surface area (Å²) < 4.78 is 0. The van der Waals surface area contributed by atoms with Gasteiger partial charge in [-0.3, -0.25) is 0 Å². The van der Waals surface area contributed by atoms with Crippen LogP contribution < -0.4 is 9.78 Å². The highest BCUT2D eigenvalue weighted by Gasteiger charge is 2.37. The molecule has 0 aliphatic carbocycles. The molecule has 0 aliphatic heterocycles. The summed E-state index contributed by atoms with van der Waals surface area (Å²) >= 11 is 0. The van der Waals surface area contributed by atoms with E-state index in [2.05, 4.69) is 41.5 Å². The lowest BCUT2D eigenvalue weighted by molar-refractivity contribution is -0.312. The van der Waals surface area contributed by atoms with Crippen LogP contribution in [0.25, 0.3) is 0 Å². The fourth-order valence-corrected chi connectivity index (χ4v) is 1.13. The van der Waals surface area contributed by atoms with Crippen molar-refractivity contribution in [3.05, 3.63) is 24.3 Å². The molecule has 0 aromatic heterocycles. The first-order valence-corrected chi connectivity index (χ1v) is 8.47. The zero-order valence-electron chi connectivity index (χ0n) is 16.9. The Hall–Kier alpha value is -1.26. The maximum Gasteiger partial charge on any atom is 0.169 e. The van der Waals surface area contributed by atoms with Crippen LogP contribution >= 0.6 is 0 Å². The van der Waals surface area contributed by atoms with Gasteiger partial charge in [0.25, 0.3) is 0 Å². The highest BCUT2D eigenvalue weighted by molar-refractivity contribution is 5.32. The van der Waals surface area contributed by atoms with E-state index in [0.29, 0.717) is 11.5 Å². The van der Waals surface area contributed by atoms with Gasteiger partial charge in [-0.15, -0.1) is 0 Å². The van der Waals surface area contributed by atoms with Gasteiger partial charge in [-0.1, -0.05) is 47.6 Å². The van der Waals surface area contributed by atoms with Crippen LogP contribution in [-0.4, -0.2) is 11.2 Å². The smallest absolute Gasteiger partial charge is 0.169 e. The maximum absolute atomic E-state index is 5.64. The Morgan fingerprint density at radius 2 is 0.917 bits per heavy atom. The fraction of sp³-hybridized carbons (Fsp3) is 0.700. The van der Waals surface area contributed by atoms with Crippen LogP contribution in [0, 0.1) is 10.8 Å². The van der Waals surface area contributed by atoms with Crippen molar-refractivity contribution in [2.75, 3.05) is 0 Å². The first kappa shape index (κ1) is 20.8. The monoisotopic (exact) mass is 338 g/mol. The fourth-order valence-electron chi connectivity index (χ4n) is 1.13. The van der Waals surface area contributed by atoms with Crippen LogP contribution in [0.1, 0.15) is 69.2 Å². The third-order valence-corrected chi connectivity index (χ3v) is 5.11. The Morgan fingerprint density at radius 3 is 1.21 bits per heavy atom. The van der Waals surface area contributed by atoms with Gasteiger partial charge < -0.3 is 9.78 Å². The second kappa shape index (κ2) is 6.93. The summed E-state index contributed by atoms with van der Waals surface area (Å²) in [6.07, 6.45) is 0. The van der Waals surface area contributed by atoms with Gasteiger partial charge in [-0.2, -0.15) is 9.78 Å². The summed E-state index contributed by atoms with van der Waals surface area (Å²) in [6.45, 7) is 20.7. The summed E-state index contributed by atoms with van der Waals surface area (Å²) in [7, 11) is 0. The molecule has 0 saturated heterocycles. The van der Waals surface area contributed by atoms with Crippen LogP contribution in [0.5, 0.6) is 11.5 Å². The van der Waals surface area contributed by atoms with Gasteiger partial charge in [0.1, 0.15) is 11.2 Å². The number of benzene rings is 1. The average molecular weight is 338 g/mol. The molecule has 0 heterocycles. The molecule has 0 aliphatic rings. The van der Waals surface area contributed by atoms with Crippen molar-refractivity contribution in [3.8, 4) is 11.5 Å². The van der Waals surface area contributed by atoms with E-state index < -0.39 is 11.2 Å². The molecule has 0 N–H and O–H groups in total. The maximum atomic E-state index is 5.64. The van der Waals surface area contributed by atoms with E-state index in [-0.39, 0.29) is 10.8 Å². The molecule has 0 unspecified atom stereocenters. The Labute approximate surface area is 147 Å². The average Bonchev–Trinajstić information content (AvgIpc) is 2.41. The second-order valence-electron chi connectivity index (χ2n) is 9.33. The highest BCUT2D eigenvalue weighted by atomic mass is 17.2. The van der Waals surface area contributed by atoms with Gasteiger partial charge in [0, 0.05) is 6.07 Å². The van der Waals surface area contributed by atoms with Crippen LogP contribution in [0.4, 0.5) is 0 Å². The van der Waals surface area contributed by atoms with E-state index >= 15 is 0 Å². The Morgan fingerprint density at radius 1 is 0.583 bits per heavy atom. The van der Waals surface area contributed by atoms with Crippen LogP contribution in [-0.2, 0) is 9.78 Å². The van der Waals surface area contributed by atoms with Crippen molar-refractivity contribution in [2.45, 2.75) is 80.4 Å². The van der Waals surface area contributed by atoms with Crippen molar-refractivity contribution in [3.63, 3.8) is 0 Å². The first-order chi connectivity index (χ1) is 10.7. The van der Waals surface area contributed by atoms with Crippen LogP contribution in [0.3, 0.4) is 0 Å². The van der Waals surface area contributed by atoms with Gasteiger partial charge in [0.15, 0.2) is 11.5 Å². The molecule has 0 atom stereocenters. The summed E-state index contributed by atoms with van der Waals surface area (Å²) in [5.41, 5.74) is -0.981. The largest absolute Gasteiger partial charge is 0.337 e. The first-order valence-electron chi connectivity index (χ1n) is 8.47. The van der Waals surface area contributed by atoms with Crippen molar-refractivity contribution in [2.24, 2.45) is 10.8 Å². The third-order valence-electron chi connectivity index (χ3n) is 5.11. The summed E-state index contributed by atoms with van der Waals surface area (Å²) in [6, 6.07) is 7.23. The van der Waals surface area contributed by atoms with Crippen molar-refractivity contribution in [1.82, 2.24) is 0 Å². The van der Waals surface area contributed by atoms with Crippen molar-refractivity contribution in [1.29, 1.82) is 0 Å². The minimum absolute atomic E-state index is 0.0546. The summed E-state index contributed by atoms with van der Waals surface area (Å²) in [4.78, 5) is 22.3. The number of hydrogen-bond acceptors (Lipinski definition) is 4. The molecule has 138 valence electrons. The van der Waals surface area contributed by atoms with E-state index in [9.17, 15) is 0 Å². The zero-order valence-corrected chi connectivity index (χ0v) is 16.9. The SMILES string of the molecule is CC(C)(C)C(C)(C)OOc1cccc(OOC(C)(C)C(C)(C)C)c1. The van der Waals surface area contributed by atoms with Gasteiger partial charge in [0.2, 0.25) is 0 Å². The summed E-state index contributed by atoms with van der Waals surface area (Å²) in [5, 5.41) is 0. The predicted molar refractivity (Wildman–Crippen MR) is 96.9 cm³/mol. The molecule has 0 fully saturated rings. The van der Waals surface area contributed by atoms with E-state index in [1.807, 2.05) is 45.9 Å². The van der Waals surface area contributed by atoms with E-state index in [1.165, 1.54) is 0 Å². The highest BCUT2D eigenvalue weighted by Crippen LogP contribution is 2.35. The lowest BCUT2D eigenvalue weighted by atomic mass is 9.79. The standard InChI is InChI=1S/C20H34O4/c1-17(2,3)19(7,8)23-21-15-12-11-13-16(14-15)22-24-20(9,10)18(4,5)6/h11-14H,1-10H3. The minimum atomic E-state index is -0.436. The van der Waals surface area contributed by atoms with Crippen LogP contribution in [0.15, 0.2) is 24.3 Å². The Kier molecular flexibility index (Phi) is 6.00.